The van der Waals surface area contributed by atoms with Gasteiger partial charge in [0, 0.05) is 24.7 Å². The van der Waals surface area contributed by atoms with Crippen LogP contribution in [0, 0.1) is 0 Å². The third kappa shape index (κ3) is 5.39. The first-order chi connectivity index (χ1) is 18.5. The van der Waals surface area contributed by atoms with Crippen LogP contribution in [0.3, 0.4) is 0 Å². The van der Waals surface area contributed by atoms with E-state index in [1.807, 2.05) is 32.7 Å². The second-order valence-corrected chi connectivity index (χ2v) is 10.7. The maximum atomic E-state index is 14.7. The summed E-state index contributed by atoms with van der Waals surface area (Å²) >= 11 is 0. The van der Waals surface area contributed by atoms with Gasteiger partial charge in [-0.05, 0) is 45.5 Å². The van der Waals surface area contributed by atoms with Crippen LogP contribution >= 0.6 is 0 Å². The topological polar surface area (TPSA) is 119 Å². The van der Waals surface area contributed by atoms with E-state index in [9.17, 15) is 13.6 Å². The van der Waals surface area contributed by atoms with Crippen LogP contribution in [0.15, 0.2) is 41.7 Å². The molecule has 0 spiro atoms. The fourth-order valence-corrected chi connectivity index (χ4v) is 4.52. The molecule has 1 aliphatic heterocycles. The highest BCUT2D eigenvalue weighted by molar-refractivity contribution is 5.97. The standard InChI is InChI=1S/C26H31F2N9O2/c1-15(27)23-17-7-6-8-20(31-19-9-10-35(5)14-18(19)28)22(17)33-37(23)25-32-21(39-34-25)12-29-24(38)16-11-30-36(13-16)26(2,3)4/h6-8,11,13,18-19,31H,1,9-10,12,14H2,2-5H3,(H,29,38)/t18-,19+/m0/s1. The Kier molecular flexibility index (Phi) is 6.93. The number of fused-ring (bicyclic) bond motifs is 1. The van der Waals surface area contributed by atoms with Gasteiger partial charge in [-0.1, -0.05) is 18.7 Å². The Labute approximate surface area is 223 Å². The summed E-state index contributed by atoms with van der Waals surface area (Å²) in [5.74, 6) is -1.03. The third-order valence-electron chi connectivity index (χ3n) is 6.62. The highest BCUT2D eigenvalue weighted by Gasteiger charge is 2.29. The number of nitrogens with zero attached hydrogens (tertiary/aromatic N) is 7. The molecule has 0 unspecified atom stereocenters. The van der Waals surface area contributed by atoms with Crippen LogP contribution in [0.2, 0.25) is 0 Å². The van der Waals surface area contributed by atoms with E-state index >= 15 is 0 Å². The molecule has 2 atom stereocenters. The molecule has 1 fully saturated rings. The molecule has 1 aromatic carbocycles. The van der Waals surface area contributed by atoms with Crippen LogP contribution in [0.25, 0.3) is 22.7 Å². The van der Waals surface area contributed by atoms with Gasteiger partial charge in [0.2, 0.25) is 5.89 Å². The van der Waals surface area contributed by atoms with Crippen molar-refractivity contribution in [2.45, 2.75) is 51.5 Å². The number of hydrogen-bond acceptors (Lipinski definition) is 8. The van der Waals surface area contributed by atoms with Gasteiger partial charge in [0.25, 0.3) is 11.9 Å². The second kappa shape index (κ2) is 10.2. The number of benzene rings is 1. The van der Waals surface area contributed by atoms with E-state index < -0.39 is 18.0 Å². The maximum Gasteiger partial charge on any atom is 0.291 e. The van der Waals surface area contributed by atoms with E-state index in [1.54, 1.807) is 29.1 Å². The van der Waals surface area contributed by atoms with Crippen molar-refractivity contribution in [3.05, 3.63) is 54.3 Å². The number of nitrogens with one attached hydrogen (secondary N) is 2. The van der Waals surface area contributed by atoms with E-state index in [0.717, 1.165) is 6.54 Å². The lowest BCUT2D eigenvalue weighted by Gasteiger charge is -2.33. The lowest BCUT2D eigenvalue weighted by atomic mass is 10.0. The zero-order valence-electron chi connectivity index (χ0n) is 22.3. The van der Waals surface area contributed by atoms with Crippen molar-refractivity contribution >= 4 is 28.3 Å². The Balaban J connectivity index is 1.37. The molecule has 2 N–H and O–H groups in total. The molecule has 1 aliphatic rings. The van der Waals surface area contributed by atoms with E-state index in [-0.39, 0.29) is 35.5 Å². The van der Waals surface area contributed by atoms with Crippen molar-refractivity contribution in [1.82, 2.24) is 39.9 Å². The molecule has 206 valence electrons. The molecule has 4 heterocycles. The van der Waals surface area contributed by atoms with Crippen LogP contribution < -0.4 is 10.6 Å². The van der Waals surface area contributed by atoms with E-state index in [1.165, 1.54) is 10.9 Å². The number of alkyl halides is 1. The fraction of sp³-hybridized carbons (Fsp3) is 0.423. The molecule has 13 heteroatoms. The lowest BCUT2D eigenvalue weighted by Crippen LogP contribution is -2.46. The van der Waals surface area contributed by atoms with Crippen LogP contribution in [0.5, 0.6) is 0 Å². The summed E-state index contributed by atoms with van der Waals surface area (Å²) in [6, 6.07) is 4.81. The summed E-state index contributed by atoms with van der Waals surface area (Å²) in [5.41, 5.74) is 1.17. The fourth-order valence-electron chi connectivity index (χ4n) is 4.52. The van der Waals surface area contributed by atoms with Gasteiger partial charge < -0.3 is 20.1 Å². The first-order valence-corrected chi connectivity index (χ1v) is 12.6. The van der Waals surface area contributed by atoms with Gasteiger partial charge in [-0.3, -0.25) is 9.48 Å². The number of halogens is 2. The number of amides is 1. The Hall–Kier alpha value is -4.13. The van der Waals surface area contributed by atoms with Crippen molar-refractivity contribution < 1.29 is 18.1 Å². The number of aromatic nitrogens is 6. The average molecular weight is 540 g/mol. The summed E-state index contributed by atoms with van der Waals surface area (Å²) in [5, 5.41) is 19.1. The molecular weight excluding hydrogens is 508 g/mol. The predicted octanol–water partition coefficient (Wildman–Crippen LogP) is 3.68. The molecule has 1 amide bonds. The highest BCUT2D eigenvalue weighted by atomic mass is 19.1. The minimum Gasteiger partial charge on any atom is -0.377 e. The van der Waals surface area contributed by atoms with Gasteiger partial charge in [-0.25, -0.2) is 8.78 Å². The smallest absolute Gasteiger partial charge is 0.291 e. The molecule has 0 radical (unpaired) electrons. The molecule has 4 aromatic rings. The van der Waals surface area contributed by atoms with Crippen molar-refractivity contribution in [3.63, 3.8) is 0 Å². The molecule has 0 aliphatic carbocycles. The summed E-state index contributed by atoms with van der Waals surface area (Å²) in [6.45, 7) is 10.4. The molecule has 3 aromatic heterocycles. The monoisotopic (exact) mass is 539 g/mol. The van der Waals surface area contributed by atoms with E-state index in [0.29, 0.717) is 35.1 Å². The van der Waals surface area contributed by atoms with E-state index in [4.69, 9.17) is 4.52 Å². The number of likely N-dealkylation sites (tertiary alicyclic amines) is 1. The summed E-state index contributed by atoms with van der Waals surface area (Å²) in [4.78, 5) is 18.8. The van der Waals surface area contributed by atoms with Gasteiger partial charge in [0.05, 0.1) is 35.6 Å². The predicted molar refractivity (Wildman–Crippen MR) is 142 cm³/mol. The van der Waals surface area contributed by atoms with Crippen molar-refractivity contribution in [2.75, 3.05) is 25.5 Å². The summed E-state index contributed by atoms with van der Waals surface area (Å²) in [6.07, 6.45) is 2.70. The SMILES string of the molecule is C=C(F)c1c2cccc(N[C@@H]3CCN(C)C[C@@H]3F)c2nn1-c1noc(CNC(=O)c2cnn(C(C)(C)C)c2)n1. The maximum absolute atomic E-state index is 14.7. The normalized spacial score (nSPS) is 18.4. The lowest BCUT2D eigenvalue weighted by molar-refractivity contribution is 0.0946. The number of anilines is 1. The number of rotatable bonds is 7. The van der Waals surface area contributed by atoms with Crippen molar-refractivity contribution in [1.29, 1.82) is 0 Å². The second-order valence-electron chi connectivity index (χ2n) is 10.7. The minimum absolute atomic E-state index is 0.0292. The average Bonchev–Trinajstić information content (AvgIpc) is 3.62. The number of hydrogen-bond donors (Lipinski definition) is 2. The molecule has 1 saturated heterocycles. The first kappa shape index (κ1) is 26.5. The van der Waals surface area contributed by atoms with Gasteiger partial charge >= 0.3 is 0 Å². The van der Waals surface area contributed by atoms with E-state index in [2.05, 4.69) is 37.6 Å². The van der Waals surface area contributed by atoms with Gasteiger partial charge in [0.1, 0.15) is 23.2 Å². The Morgan fingerprint density at radius 2 is 2.10 bits per heavy atom. The zero-order valence-corrected chi connectivity index (χ0v) is 22.3. The molecule has 39 heavy (non-hydrogen) atoms. The largest absolute Gasteiger partial charge is 0.377 e. The van der Waals surface area contributed by atoms with Crippen LogP contribution in [0.4, 0.5) is 14.5 Å². The molecule has 0 saturated carbocycles. The van der Waals surface area contributed by atoms with Gasteiger partial charge in [0.15, 0.2) is 0 Å². The summed E-state index contributed by atoms with van der Waals surface area (Å²) < 4.78 is 37.6. The van der Waals surface area contributed by atoms with Crippen LogP contribution in [-0.2, 0) is 12.1 Å². The molecule has 5 rings (SSSR count). The quantitative estimate of drug-likeness (QED) is 0.365. The Morgan fingerprint density at radius 1 is 1.31 bits per heavy atom. The highest BCUT2D eigenvalue weighted by Crippen LogP contribution is 2.32. The van der Waals surface area contributed by atoms with Crippen LogP contribution in [-0.4, -0.2) is 72.9 Å². The zero-order chi connectivity index (χ0) is 27.9. The molecular formula is C26H31F2N9O2. The number of piperidine rings is 1. The van der Waals surface area contributed by atoms with Crippen LogP contribution in [0.1, 0.15) is 49.1 Å². The number of carbonyl (C=O) groups excluding carboxylic acids is 1. The number of carbonyl (C=O) groups is 1. The third-order valence-corrected chi connectivity index (χ3v) is 6.62. The molecule has 0 bridgehead atoms. The molecule has 11 nitrogen and oxygen atoms in total. The summed E-state index contributed by atoms with van der Waals surface area (Å²) in [7, 11) is 1.88. The Bertz CT molecular complexity index is 1520. The first-order valence-electron chi connectivity index (χ1n) is 12.6. The van der Waals surface area contributed by atoms with Gasteiger partial charge in [-0.15, -0.1) is 0 Å². The Morgan fingerprint density at radius 3 is 2.79 bits per heavy atom. The van der Waals surface area contributed by atoms with Crippen molar-refractivity contribution in [2.24, 2.45) is 0 Å². The van der Waals surface area contributed by atoms with Gasteiger partial charge in [-0.2, -0.15) is 19.9 Å². The van der Waals surface area contributed by atoms with Crippen molar-refractivity contribution in [3.8, 4) is 5.95 Å². The minimum atomic E-state index is -1.06.